The molecule has 66 valence electrons. The molecule has 0 saturated heterocycles. The van der Waals surface area contributed by atoms with Gasteiger partial charge in [-0.2, -0.15) is 5.26 Å². The summed E-state index contributed by atoms with van der Waals surface area (Å²) in [7, 11) is 0. The second-order valence-electron chi connectivity index (χ2n) is 2.73. The number of hydrogen-bond donors (Lipinski definition) is 0. The van der Waals surface area contributed by atoms with Crippen LogP contribution in [-0.2, 0) is 0 Å². The molecule has 0 bridgehead atoms. The maximum atomic E-state index is 8.68. The molecule has 0 radical (unpaired) electrons. The Balaban J connectivity index is 3.03. The van der Waals surface area contributed by atoms with Crippen molar-refractivity contribution < 1.29 is 0 Å². The minimum absolute atomic E-state index is 0.503. The molecule has 0 fully saturated rings. The third-order valence-corrected chi connectivity index (χ3v) is 1.98. The fourth-order valence-corrected chi connectivity index (χ4v) is 1.30. The van der Waals surface area contributed by atoms with Crippen molar-refractivity contribution in [3.05, 3.63) is 41.5 Å². The molecular weight excluding hydrogens is 182 g/mol. The zero-order valence-corrected chi connectivity index (χ0v) is 8.17. The lowest BCUT2D eigenvalue weighted by molar-refractivity contribution is 1.46. The maximum Gasteiger partial charge on any atom is 0.0991 e. The van der Waals surface area contributed by atoms with E-state index in [1.165, 1.54) is 0 Å². The quantitative estimate of drug-likeness (QED) is 0.659. The van der Waals surface area contributed by atoms with Crippen molar-refractivity contribution in [3.8, 4) is 6.07 Å². The van der Waals surface area contributed by atoms with Gasteiger partial charge < -0.3 is 0 Å². The van der Waals surface area contributed by atoms with Crippen LogP contribution in [-0.4, -0.2) is 5.88 Å². The molecular formula is C11H10ClN. The minimum atomic E-state index is 0.503. The molecule has 2 heteroatoms. The lowest BCUT2D eigenvalue weighted by Gasteiger charge is -2.00. The van der Waals surface area contributed by atoms with Gasteiger partial charge in [-0.15, -0.1) is 11.6 Å². The summed E-state index contributed by atoms with van der Waals surface area (Å²) in [6.45, 7) is 1.98. The predicted molar refractivity (Wildman–Crippen MR) is 55.5 cm³/mol. The topological polar surface area (TPSA) is 23.8 Å². The number of allylic oxidation sites excluding steroid dienone is 2. The summed E-state index contributed by atoms with van der Waals surface area (Å²) >= 11 is 5.58. The largest absolute Gasteiger partial charge is 0.192 e. The van der Waals surface area contributed by atoms with E-state index in [1.807, 2.05) is 31.2 Å². The first kappa shape index (κ1) is 9.83. The second-order valence-corrected chi connectivity index (χ2v) is 3.04. The van der Waals surface area contributed by atoms with E-state index >= 15 is 0 Å². The first-order valence-electron chi connectivity index (χ1n) is 4.01. The summed E-state index contributed by atoms with van der Waals surface area (Å²) in [5.41, 5.74) is 2.84. The molecule has 0 heterocycles. The summed E-state index contributed by atoms with van der Waals surface area (Å²) < 4.78 is 0. The summed E-state index contributed by atoms with van der Waals surface area (Å²) in [5, 5.41) is 8.68. The van der Waals surface area contributed by atoms with Gasteiger partial charge in [0, 0.05) is 5.88 Å². The van der Waals surface area contributed by atoms with Crippen molar-refractivity contribution in [1.82, 2.24) is 0 Å². The Labute approximate surface area is 83.3 Å². The molecule has 0 unspecified atom stereocenters. The Hall–Kier alpha value is -1.26. The fourth-order valence-electron chi connectivity index (χ4n) is 1.07. The van der Waals surface area contributed by atoms with Crippen LogP contribution in [0.2, 0.25) is 0 Å². The van der Waals surface area contributed by atoms with Crippen LogP contribution in [0.4, 0.5) is 0 Å². The zero-order valence-electron chi connectivity index (χ0n) is 7.42. The predicted octanol–water partition coefficient (Wildman–Crippen LogP) is 3.20. The number of nitrogens with zero attached hydrogens (tertiary/aromatic N) is 1. The molecule has 0 aromatic heterocycles. The van der Waals surface area contributed by atoms with Crippen molar-refractivity contribution in [2.24, 2.45) is 0 Å². The molecule has 1 nitrogen and oxygen atoms in total. The summed E-state index contributed by atoms with van der Waals surface area (Å²) in [4.78, 5) is 0. The van der Waals surface area contributed by atoms with Gasteiger partial charge in [0.2, 0.25) is 0 Å². The third kappa shape index (κ3) is 2.61. The van der Waals surface area contributed by atoms with Gasteiger partial charge in [0.25, 0.3) is 0 Å². The van der Waals surface area contributed by atoms with Gasteiger partial charge in [-0.25, -0.2) is 0 Å². The highest BCUT2D eigenvalue weighted by molar-refractivity contribution is 6.19. The Morgan fingerprint density at radius 2 is 2.38 bits per heavy atom. The van der Waals surface area contributed by atoms with E-state index < -0.39 is 0 Å². The standard InChI is InChI=1S/C11H10ClN/c1-9(5-6-12)11-4-2-3-10(7-11)8-13/h2-5,7H,6H2,1H3/b9-5-. The number of rotatable bonds is 2. The van der Waals surface area contributed by atoms with E-state index in [-0.39, 0.29) is 0 Å². The highest BCUT2D eigenvalue weighted by Gasteiger charge is 1.96. The summed E-state index contributed by atoms with van der Waals surface area (Å²) in [5.74, 6) is 0.503. The van der Waals surface area contributed by atoms with E-state index in [9.17, 15) is 0 Å². The van der Waals surface area contributed by atoms with Crippen molar-refractivity contribution in [2.75, 3.05) is 5.88 Å². The van der Waals surface area contributed by atoms with Crippen LogP contribution in [0.5, 0.6) is 0 Å². The van der Waals surface area contributed by atoms with Crippen molar-refractivity contribution in [3.63, 3.8) is 0 Å². The molecule has 1 aromatic rings. The first-order valence-corrected chi connectivity index (χ1v) is 4.54. The number of alkyl halides is 1. The van der Waals surface area contributed by atoms with Gasteiger partial charge >= 0.3 is 0 Å². The van der Waals surface area contributed by atoms with E-state index in [2.05, 4.69) is 6.07 Å². The number of hydrogen-bond acceptors (Lipinski definition) is 1. The van der Waals surface area contributed by atoms with E-state index in [1.54, 1.807) is 6.07 Å². The first-order chi connectivity index (χ1) is 6.27. The van der Waals surface area contributed by atoms with Crippen LogP contribution < -0.4 is 0 Å². The molecule has 0 saturated carbocycles. The van der Waals surface area contributed by atoms with Gasteiger partial charge in [-0.05, 0) is 30.2 Å². The van der Waals surface area contributed by atoms with Crippen LogP contribution in [0.1, 0.15) is 18.1 Å². The van der Waals surface area contributed by atoms with Gasteiger partial charge in [-0.3, -0.25) is 0 Å². The zero-order chi connectivity index (χ0) is 9.68. The smallest absolute Gasteiger partial charge is 0.0991 e. The van der Waals surface area contributed by atoms with Gasteiger partial charge in [0.15, 0.2) is 0 Å². The van der Waals surface area contributed by atoms with Crippen molar-refractivity contribution in [1.29, 1.82) is 5.26 Å². The van der Waals surface area contributed by atoms with Gasteiger partial charge in [0.1, 0.15) is 0 Å². The summed E-state index contributed by atoms with van der Waals surface area (Å²) in [6.07, 6.45) is 1.93. The van der Waals surface area contributed by atoms with E-state index in [4.69, 9.17) is 16.9 Å². The molecule has 0 N–H and O–H groups in total. The molecule has 0 aliphatic heterocycles. The Kier molecular flexibility index (Phi) is 3.54. The maximum absolute atomic E-state index is 8.68. The normalized spacial score (nSPS) is 11.0. The van der Waals surface area contributed by atoms with Gasteiger partial charge in [0.05, 0.1) is 11.6 Å². The van der Waals surface area contributed by atoms with Crippen LogP contribution in [0, 0.1) is 11.3 Å². The number of benzene rings is 1. The van der Waals surface area contributed by atoms with Crippen molar-refractivity contribution in [2.45, 2.75) is 6.92 Å². The van der Waals surface area contributed by atoms with Crippen LogP contribution in [0.3, 0.4) is 0 Å². The SMILES string of the molecule is C/C(=C/CCl)c1cccc(C#N)c1. The van der Waals surface area contributed by atoms with Crippen LogP contribution in [0.15, 0.2) is 30.3 Å². The Bertz CT molecular complexity index is 361. The highest BCUT2D eigenvalue weighted by Crippen LogP contribution is 2.14. The molecule has 1 aromatic carbocycles. The molecule has 0 atom stereocenters. The third-order valence-electron chi connectivity index (χ3n) is 1.83. The molecule has 0 spiro atoms. The monoisotopic (exact) mass is 191 g/mol. The molecule has 0 aliphatic carbocycles. The Morgan fingerprint density at radius 1 is 1.62 bits per heavy atom. The fraction of sp³-hybridized carbons (Fsp3) is 0.182. The Morgan fingerprint density at radius 3 is 3.00 bits per heavy atom. The molecule has 13 heavy (non-hydrogen) atoms. The lowest BCUT2D eigenvalue weighted by Crippen LogP contribution is -1.82. The second kappa shape index (κ2) is 4.69. The average Bonchev–Trinajstić information content (AvgIpc) is 2.18. The lowest BCUT2D eigenvalue weighted by atomic mass is 10.1. The molecule has 1 rings (SSSR count). The average molecular weight is 192 g/mol. The van der Waals surface area contributed by atoms with Gasteiger partial charge in [-0.1, -0.05) is 18.2 Å². The molecule has 0 aliphatic rings. The summed E-state index contributed by atoms with van der Waals surface area (Å²) in [6, 6.07) is 9.60. The minimum Gasteiger partial charge on any atom is -0.192 e. The van der Waals surface area contributed by atoms with Crippen LogP contribution >= 0.6 is 11.6 Å². The van der Waals surface area contributed by atoms with Crippen molar-refractivity contribution >= 4 is 17.2 Å². The molecule has 0 amide bonds. The van der Waals surface area contributed by atoms with E-state index in [0.717, 1.165) is 11.1 Å². The highest BCUT2D eigenvalue weighted by atomic mass is 35.5. The number of nitriles is 1. The number of halogens is 1. The van der Waals surface area contributed by atoms with Crippen LogP contribution in [0.25, 0.3) is 5.57 Å². The van der Waals surface area contributed by atoms with E-state index in [0.29, 0.717) is 11.4 Å².